The van der Waals surface area contributed by atoms with Crippen molar-refractivity contribution in [2.75, 3.05) is 13.2 Å². The van der Waals surface area contributed by atoms with E-state index in [0.29, 0.717) is 51.4 Å². The molecule has 0 bridgehead atoms. The number of carbonyl (C=O) groups excluding carboxylic acids is 1. The number of aliphatic carboxylic acids is 1. The number of amides is 1. The van der Waals surface area contributed by atoms with Crippen molar-refractivity contribution < 1.29 is 33.0 Å². The monoisotopic (exact) mass is 693 g/mol. The molecule has 0 spiro atoms. The number of piperidine rings is 1. The number of carbonyl (C=O) groups is 2. The lowest BCUT2D eigenvalue weighted by atomic mass is 9.51. The van der Waals surface area contributed by atoms with Crippen molar-refractivity contribution >= 4 is 34.5 Å². The van der Waals surface area contributed by atoms with Gasteiger partial charge in [0.15, 0.2) is 0 Å². The van der Waals surface area contributed by atoms with Gasteiger partial charge in [-0.3, -0.25) is 9.59 Å². The number of hydrogen-bond donors (Lipinski definition) is 2. The number of aliphatic hydroxyl groups excluding tert-OH is 1. The van der Waals surface area contributed by atoms with Gasteiger partial charge in [0.1, 0.15) is 0 Å². The van der Waals surface area contributed by atoms with Gasteiger partial charge in [-0.05, 0) is 133 Å². The third kappa shape index (κ3) is 6.23. The minimum atomic E-state index is -4.32. The molecular formula is C32H47F3INO4. The summed E-state index contributed by atoms with van der Waals surface area (Å²) < 4.78 is 44.0. The van der Waals surface area contributed by atoms with Gasteiger partial charge in [0.05, 0.1) is 17.4 Å². The van der Waals surface area contributed by atoms with Crippen LogP contribution in [0.15, 0.2) is 9.15 Å². The van der Waals surface area contributed by atoms with Gasteiger partial charge in [0, 0.05) is 19.1 Å². The largest absolute Gasteiger partial charge is 0.481 e. The molecule has 232 valence electrons. The molecule has 4 unspecified atom stereocenters. The van der Waals surface area contributed by atoms with Crippen LogP contribution >= 0.6 is 22.6 Å². The molecule has 1 saturated heterocycles. The summed E-state index contributed by atoms with van der Waals surface area (Å²) in [6.45, 7) is 0.108. The molecule has 5 aliphatic rings. The zero-order valence-corrected chi connectivity index (χ0v) is 26.3. The Morgan fingerprint density at radius 1 is 0.927 bits per heavy atom. The molecule has 9 heteroatoms. The van der Waals surface area contributed by atoms with E-state index in [-0.39, 0.29) is 43.2 Å². The third-order valence-corrected chi connectivity index (χ3v) is 13.0. The fraction of sp³-hybridized carbons (Fsp3) is 0.875. The maximum Gasteiger partial charge on any atom is 0.392 e. The number of nitrogens with zero attached hydrogens (tertiary/aromatic N) is 1. The third-order valence-electron chi connectivity index (χ3n) is 11.7. The second-order valence-corrected chi connectivity index (χ2v) is 15.1. The number of halogens is 4. The van der Waals surface area contributed by atoms with Crippen molar-refractivity contribution in [1.82, 2.24) is 4.90 Å². The van der Waals surface area contributed by atoms with Crippen molar-refractivity contribution in [3.8, 4) is 0 Å². The van der Waals surface area contributed by atoms with E-state index >= 15 is 0 Å². The average molecular weight is 694 g/mol. The Balaban J connectivity index is 1.62. The number of rotatable bonds is 7. The van der Waals surface area contributed by atoms with E-state index in [1.54, 1.807) is 4.90 Å². The van der Waals surface area contributed by atoms with E-state index in [0.717, 1.165) is 51.4 Å². The molecule has 2 N–H and O–H groups in total. The molecule has 0 aromatic carbocycles. The van der Waals surface area contributed by atoms with E-state index < -0.39 is 41.4 Å². The fourth-order valence-electron chi connectivity index (χ4n) is 9.63. The molecule has 1 heterocycles. The maximum atomic E-state index is 14.4. The Morgan fingerprint density at radius 3 is 2.24 bits per heavy atom. The molecule has 5 nitrogen and oxygen atoms in total. The molecule has 1 amide bonds. The summed E-state index contributed by atoms with van der Waals surface area (Å²) in [6, 6.07) is -0.610. The van der Waals surface area contributed by atoms with Crippen LogP contribution in [0.3, 0.4) is 0 Å². The van der Waals surface area contributed by atoms with Crippen LogP contribution < -0.4 is 0 Å². The SMILES string of the molecule is O=C1C2CCCCC2[C@](CC2=C(I)CCCC2)(C(=O)O)[C@H](C2CCC(CO)CC2)N1CC1CCCCC1C(F)(F)F. The zero-order chi connectivity index (χ0) is 29.4. The van der Waals surface area contributed by atoms with Crippen LogP contribution in [0.1, 0.15) is 109 Å². The number of likely N-dealkylation sites (tertiary alicyclic amines) is 1. The first-order valence-electron chi connectivity index (χ1n) is 16.2. The molecule has 5 rings (SSSR count). The van der Waals surface area contributed by atoms with Gasteiger partial charge < -0.3 is 15.1 Å². The van der Waals surface area contributed by atoms with E-state index in [2.05, 4.69) is 22.6 Å². The summed E-state index contributed by atoms with van der Waals surface area (Å²) in [4.78, 5) is 30.0. The number of hydrogen-bond acceptors (Lipinski definition) is 3. The smallest absolute Gasteiger partial charge is 0.392 e. The number of carboxylic acids is 1. The summed E-state index contributed by atoms with van der Waals surface area (Å²) in [7, 11) is 0. The number of alkyl halides is 3. The van der Waals surface area contributed by atoms with E-state index in [1.807, 2.05) is 0 Å². The Kier molecular flexibility index (Phi) is 10.0. The van der Waals surface area contributed by atoms with Crippen LogP contribution in [0, 0.1) is 40.9 Å². The van der Waals surface area contributed by atoms with Gasteiger partial charge in [-0.1, -0.05) is 31.3 Å². The minimum Gasteiger partial charge on any atom is -0.481 e. The normalized spacial score (nSPS) is 39.0. The van der Waals surface area contributed by atoms with E-state index in [4.69, 9.17) is 0 Å². The van der Waals surface area contributed by atoms with Crippen molar-refractivity contribution in [3.63, 3.8) is 0 Å². The Hall–Kier alpha value is -0.840. The highest BCUT2D eigenvalue weighted by Crippen LogP contribution is 2.58. The summed E-state index contributed by atoms with van der Waals surface area (Å²) in [5, 5.41) is 21.2. The molecule has 3 saturated carbocycles. The van der Waals surface area contributed by atoms with Crippen molar-refractivity contribution in [1.29, 1.82) is 0 Å². The van der Waals surface area contributed by atoms with Crippen LogP contribution in [-0.2, 0) is 9.59 Å². The number of aliphatic hydroxyl groups is 1. The Bertz CT molecular complexity index is 994. The van der Waals surface area contributed by atoms with Gasteiger partial charge in [0.25, 0.3) is 0 Å². The predicted molar refractivity (Wildman–Crippen MR) is 159 cm³/mol. The molecule has 0 aromatic rings. The molecule has 4 aliphatic carbocycles. The molecule has 6 atom stereocenters. The molecule has 41 heavy (non-hydrogen) atoms. The van der Waals surface area contributed by atoms with Gasteiger partial charge >= 0.3 is 12.1 Å². The second-order valence-electron chi connectivity index (χ2n) is 13.8. The first kappa shape index (κ1) is 31.6. The van der Waals surface area contributed by atoms with Crippen LogP contribution in [0.25, 0.3) is 0 Å². The quantitative estimate of drug-likeness (QED) is 0.266. The molecule has 0 aromatic heterocycles. The highest BCUT2D eigenvalue weighted by Gasteiger charge is 2.64. The molecule has 1 aliphatic heterocycles. The first-order chi connectivity index (χ1) is 19.6. The van der Waals surface area contributed by atoms with Crippen molar-refractivity contribution in [3.05, 3.63) is 9.15 Å². The lowest BCUT2D eigenvalue weighted by molar-refractivity contribution is -0.207. The summed E-state index contributed by atoms with van der Waals surface area (Å²) in [5.74, 6) is -3.73. The van der Waals surface area contributed by atoms with Crippen molar-refractivity contribution in [2.24, 2.45) is 40.9 Å². The fourth-order valence-corrected chi connectivity index (χ4v) is 10.5. The van der Waals surface area contributed by atoms with Gasteiger partial charge in [-0.25, -0.2) is 0 Å². The second kappa shape index (κ2) is 13.0. The number of allylic oxidation sites excluding steroid dienone is 2. The highest BCUT2D eigenvalue weighted by molar-refractivity contribution is 14.1. The molecule has 4 fully saturated rings. The first-order valence-corrected chi connectivity index (χ1v) is 17.2. The molecular weight excluding hydrogens is 646 g/mol. The summed E-state index contributed by atoms with van der Waals surface area (Å²) in [6.07, 6.45) is 7.78. The predicted octanol–water partition coefficient (Wildman–Crippen LogP) is 7.90. The zero-order valence-electron chi connectivity index (χ0n) is 24.1. The van der Waals surface area contributed by atoms with Crippen LogP contribution in [-0.4, -0.2) is 52.4 Å². The number of fused-ring (bicyclic) bond motifs is 1. The Morgan fingerprint density at radius 2 is 1.59 bits per heavy atom. The van der Waals surface area contributed by atoms with Crippen LogP contribution in [0.4, 0.5) is 13.2 Å². The maximum absolute atomic E-state index is 14.4. The van der Waals surface area contributed by atoms with E-state index in [9.17, 15) is 33.0 Å². The minimum absolute atomic E-state index is 0.0159. The number of carboxylic acid groups (broad SMARTS) is 1. The van der Waals surface area contributed by atoms with E-state index in [1.165, 1.54) is 9.15 Å². The van der Waals surface area contributed by atoms with Crippen LogP contribution in [0.5, 0.6) is 0 Å². The van der Waals surface area contributed by atoms with Gasteiger partial charge in [0.2, 0.25) is 5.91 Å². The highest BCUT2D eigenvalue weighted by atomic mass is 127. The molecule has 0 radical (unpaired) electrons. The topological polar surface area (TPSA) is 77.8 Å². The van der Waals surface area contributed by atoms with Gasteiger partial charge in [-0.15, -0.1) is 0 Å². The van der Waals surface area contributed by atoms with Gasteiger partial charge in [-0.2, -0.15) is 13.2 Å². The lowest BCUT2D eigenvalue weighted by Crippen LogP contribution is -2.69. The average Bonchev–Trinajstić information content (AvgIpc) is 2.96. The van der Waals surface area contributed by atoms with Crippen molar-refractivity contribution in [2.45, 2.75) is 121 Å². The Labute approximate surface area is 256 Å². The standard InChI is InChI=1S/C32H47F3INO4/c33-32(34,35)25-10-4-1-8-23(25)18-37-28(21-15-13-20(19-38)14-16-21)31(30(40)41,17-22-7-2-6-12-27(22)36)26-11-5-3-9-24(26)29(37)39/h20-21,23-26,28,38H,1-19H2,(H,40,41)/t20?,21?,23?,24?,25?,26?,28-,31-/m0/s1. The summed E-state index contributed by atoms with van der Waals surface area (Å²) in [5.41, 5.74) is -0.000886. The lowest BCUT2D eigenvalue weighted by Gasteiger charge is -2.60. The van der Waals surface area contributed by atoms with Crippen LogP contribution in [0.2, 0.25) is 0 Å². The summed E-state index contributed by atoms with van der Waals surface area (Å²) >= 11 is 2.38.